The van der Waals surface area contributed by atoms with Crippen LogP contribution < -0.4 is 5.73 Å². The molecule has 2 N–H and O–H groups in total. The monoisotopic (exact) mass is 184 g/mol. The second kappa shape index (κ2) is 4.43. The van der Waals surface area contributed by atoms with Crippen molar-refractivity contribution in [1.29, 1.82) is 0 Å². The van der Waals surface area contributed by atoms with Gasteiger partial charge >= 0.3 is 0 Å². The fraction of sp³-hybridized carbons (Fsp3) is 0.444. The molecule has 66 valence electrons. The summed E-state index contributed by atoms with van der Waals surface area (Å²) < 4.78 is 0. The minimum Gasteiger partial charge on any atom is -0.330 e. The Labute approximate surface area is 77.8 Å². The first-order valence-corrected chi connectivity index (χ1v) is 4.43. The van der Waals surface area contributed by atoms with Crippen molar-refractivity contribution in [1.82, 2.24) is 4.98 Å². The first-order chi connectivity index (χ1) is 5.72. The van der Waals surface area contributed by atoms with E-state index in [-0.39, 0.29) is 0 Å². The van der Waals surface area contributed by atoms with Crippen LogP contribution in [0.25, 0.3) is 0 Å². The molecule has 2 nitrogen and oxygen atoms in total. The molecule has 0 bridgehead atoms. The topological polar surface area (TPSA) is 38.9 Å². The van der Waals surface area contributed by atoms with Gasteiger partial charge in [0.25, 0.3) is 0 Å². The Kier molecular flexibility index (Phi) is 3.50. The summed E-state index contributed by atoms with van der Waals surface area (Å²) in [6.45, 7) is 2.66. The van der Waals surface area contributed by atoms with E-state index in [1.165, 1.54) is 5.56 Å². The highest BCUT2D eigenvalue weighted by Gasteiger charge is 1.97. The molecular formula is C9H13ClN2. The lowest BCUT2D eigenvalue weighted by molar-refractivity contribution is 0.829. The van der Waals surface area contributed by atoms with Crippen molar-refractivity contribution in [2.24, 2.45) is 5.73 Å². The molecule has 0 atom stereocenters. The number of pyridine rings is 1. The molecule has 3 heteroatoms. The second-order valence-electron chi connectivity index (χ2n) is 2.83. The minimum atomic E-state index is 0.571. The Morgan fingerprint density at radius 2 is 2.25 bits per heavy atom. The molecule has 0 radical (unpaired) electrons. The molecule has 0 unspecified atom stereocenters. The average Bonchev–Trinajstić information content (AvgIpc) is 1.99. The van der Waals surface area contributed by atoms with Gasteiger partial charge in [0.2, 0.25) is 0 Å². The van der Waals surface area contributed by atoms with E-state index in [1.807, 2.05) is 19.1 Å². The van der Waals surface area contributed by atoms with Gasteiger partial charge in [-0.15, -0.1) is 0 Å². The molecule has 0 spiro atoms. The van der Waals surface area contributed by atoms with Crippen LogP contribution in [0.5, 0.6) is 0 Å². The van der Waals surface area contributed by atoms with Gasteiger partial charge in [0.1, 0.15) is 5.15 Å². The largest absolute Gasteiger partial charge is 0.330 e. The zero-order valence-electron chi connectivity index (χ0n) is 7.18. The van der Waals surface area contributed by atoms with Crippen LogP contribution in [-0.4, -0.2) is 11.5 Å². The summed E-state index contributed by atoms with van der Waals surface area (Å²) in [4.78, 5) is 4.08. The number of aryl methyl sites for hydroxylation is 2. The summed E-state index contributed by atoms with van der Waals surface area (Å²) in [6, 6.07) is 3.94. The quantitative estimate of drug-likeness (QED) is 0.730. The zero-order valence-corrected chi connectivity index (χ0v) is 7.93. The first-order valence-electron chi connectivity index (χ1n) is 4.05. The van der Waals surface area contributed by atoms with Crippen LogP contribution >= 0.6 is 11.6 Å². The van der Waals surface area contributed by atoms with Crippen LogP contribution in [0.1, 0.15) is 17.7 Å². The van der Waals surface area contributed by atoms with Gasteiger partial charge in [0.15, 0.2) is 0 Å². The van der Waals surface area contributed by atoms with Gasteiger partial charge in [0, 0.05) is 5.69 Å². The van der Waals surface area contributed by atoms with Gasteiger partial charge < -0.3 is 5.73 Å². The SMILES string of the molecule is Cc1cc(CCCN)cc(Cl)n1. The molecule has 1 heterocycles. The summed E-state index contributed by atoms with van der Waals surface area (Å²) in [6.07, 6.45) is 1.99. The zero-order chi connectivity index (χ0) is 8.97. The van der Waals surface area contributed by atoms with Gasteiger partial charge in [-0.2, -0.15) is 0 Å². The molecular weight excluding hydrogens is 172 g/mol. The number of hydrogen-bond acceptors (Lipinski definition) is 2. The van der Waals surface area contributed by atoms with Gasteiger partial charge in [-0.3, -0.25) is 0 Å². The van der Waals surface area contributed by atoms with Crippen LogP contribution in [0, 0.1) is 6.92 Å². The molecule has 1 rings (SSSR count). The van der Waals surface area contributed by atoms with Crippen molar-refractivity contribution in [3.05, 3.63) is 28.5 Å². The predicted molar refractivity (Wildman–Crippen MR) is 51.4 cm³/mol. The Morgan fingerprint density at radius 1 is 1.50 bits per heavy atom. The minimum absolute atomic E-state index is 0.571. The van der Waals surface area contributed by atoms with Gasteiger partial charge in [-0.25, -0.2) is 4.98 Å². The van der Waals surface area contributed by atoms with E-state index in [2.05, 4.69) is 4.98 Å². The third-order valence-electron chi connectivity index (χ3n) is 1.65. The number of rotatable bonds is 3. The van der Waals surface area contributed by atoms with E-state index in [0.717, 1.165) is 25.1 Å². The number of nitrogens with zero attached hydrogens (tertiary/aromatic N) is 1. The molecule has 0 aliphatic heterocycles. The average molecular weight is 185 g/mol. The Hall–Kier alpha value is -0.600. The maximum atomic E-state index is 5.79. The van der Waals surface area contributed by atoms with E-state index in [4.69, 9.17) is 17.3 Å². The molecule has 0 aliphatic carbocycles. The highest BCUT2D eigenvalue weighted by atomic mass is 35.5. The van der Waals surface area contributed by atoms with Gasteiger partial charge in [-0.1, -0.05) is 11.6 Å². The fourth-order valence-corrected chi connectivity index (χ4v) is 1.42. The molecule has 0 aromatic carbocycles. The van der Waals surface area contributed by atoms with Crippen LogP contribution in [0.15, 0.2) is 12.1 Å². The normalized spacial score (nSPS) is 10.2. The number of nitrogens with two attached hydrogens (primary N) is 1. The lowest BCUT2D eigenvalue weighted by Gasteiger charge is -2.01. The number of halogens is 1. The van der Waals surface area contributed by atoms with E-state index in [1.54, 1.807) is 0 Å². The molecule has 12 heavy (non-hydrogen) atoms. The predicted octanol–water partition coefficient (Wildman–Crippen LogP) is 1.93. The first kappa shape index (κ1) is 9.49. The highest BCUT2D eigenvalue weighted by Crippen LogP contribution is 2.11. The maximum Gasteiger partial charge on any atom is 0.129 e. The summed E-state index contributed by atoms with van der Waals surface area (Å²) in [5, 5.41) is 0.571. The van der Waals surface area contributed by atoms with Crippen molar-refractivity contribution in [2.75, 3.05) is 6.54 Å². The fourth-order valence-electron chi connectivity index (χ4n) is 1.15. The van der Waals surface area contributed by atoms with Gasteiger partial charge in [-0.05, 0) is 44.0 Å². The number of hydrogen-bond donors (Lipinski definition) is 1. The van der Waals surface area contributed by atoms with E-state index in [0.29, 0.717) is 5.15 Å². The van der Waals surface area contributed by atoms with E-state index in [9.17, 15) is 0 Å². The van der Waals surface area contributed by atoms with Crippen molar-refractivity contribution in [2.45, 2.75) is 19.8 Å². The molecule has 0 amide bonds. The second-order valence-corrected chi connectivity index (χ2v) is 3.22. The van der Waals surface area contributed by atoms with Gasteiger partial charge in [0.05, 0.1) is 0 Å². The summed E-state index contributed by atoms with van der Waals surface area (Å²) >= 11 is 5.79. The summed E-state index contributed by atoms with van der Waals surface area (Å²) in [5.74, 6) is 0. The van der Waals surface area contributed by atoms with Crippen LogP contribution in [-0.2, 0) is 6.42 Å². The lowest BCUT2D eigenvalue weighted by Crippen LogP contribution is -2.00. The van der Waals surface area contributed by atoms with Crippen molar-refractivity contribution >= 4 is 11.6 Å². The maximum absolute atomic E-state index is 5.79. The highest BCUT2D eigenvalue weighted by molar-refractivity contribution is 6.29. The Bertz CT molecular complexity index is 240. The van der Waals surface area contributed by atoms with E-state index >= 15 is 0 Å². The third-order valence-corrected chi connectivity index (χ3v) is 1.85. The van der Waals surface area contributed by atoms with Crippen molar-refractivity contribution in [3.63, 3.8) is 0 Å². The smallest absolute Gasteiger partial charge is 0.129 e. The van der Waals surface area contributed by atoms with E-state index < -0.39 is 0 Å². The standard InChI is InChI=1S/C9H13ClN2/c1-7-5-8(3-2-4-11)6-9(10)12-7/h5-6H,2-4,11H2,1H3. The van der Waals surface area contributed by atoms with Crippen molar-refractivity contribution in [3.8, 4) is 0 Å². The third kappa shape index (κ3) is 2.80. The van der Waals surface area contributed by atoms with Crippen LogP contribution in [0.4, 0.5) is 0 Å². The Morgan fingerprint density at radius 3 is 2.83 bits per heavy atom. The molecule has 1 aromatic heterocycles. The molecule has 0 aliphatic rings. The number of aromatic nitrogens is 1. The molecule has 0 saturated heterocycles. The molecule has 0 saturated carbocycles. The van der Waals surface area contributed by atoms with Crippen LogP contribution in [0.2, 0.25) is 5.15 Å². The summed E-state index contributed by atoms with van der Waals surface area (Å²) in [5.41, 5.74) is 7.59. The van der Waals surface area contributed by atoms with Crippen molar-refractivity contribution < 1.29 is 0 Å². The molecule has 1 aromatic rings. The summed E-state index contributed by atoms with van der Waals surface area (Å²) in [7, 11) is 0. The lowest BCUT2D eigenvalue weighted by atomic mass is 10.1. The Balaban J connectivity index is 2.72. The van der Waals surface area contributed by atoms with Crippen LogP contribution in [0.3, 0.4) is 0 Å². The molecule has 0 fully saturated rings.